The Bertz CT molecular complexity index is 287. The lowest BCUT2D eigenvalue weighted by atomic mass is 10.4. The van der Waals surface area contributed by atoms with Crippen LogP contribution in [0.2, 0.25) is 0 Å². The van der Waals surface area contributed by atoms with Crippen LogP contribution in [0, 0.1) is 0 Å². The molecular weight excluding hydrogens is 178 g/mol. The molecule has 6 nitrogen and oxygen atoms in total. The van der Waals surface area contributed by atoms with Gasteiger partial charge >= 0.3 is 12.2 Å². The van der Waals surface area contributed by atoms with Gasteiger partial charge in [-0.1, -0.05) is 6.58 Å². The maximum Gasteiger partial charge on any atom is 0.516 e. The second kappa shape index (κ2) is 2.65. The topological polar surface area (TPSA) is 65.1 Å². The van der Waals surface area contributed by atoms with E-state index in [0.717, 1.165) is 0 Å². The molecule has 0 bridgehead atoms. The third kappa shape index (κ3) is 1.20. The van der Waals surface area contributed by atoms with Crippen molar-refractivity contribution in [3.63, 3.8) is 0 Å². The predicted octanol–water partition coefficient (Wildman–Crippen LogP) is 0.445. The summed E-state index contributed by atoms with van der Waals surface area (Å²) in [5, 5.41) is 0. The first kappa shape index (κ1) is 7.90. The highest BCUT2D eigenvalue weighted by molar-refractivity contribution is 5.72. The van der Waals surface area contributed by atoms with E-state index in [9.17, 15) is 9.59 Å². The van der Waals surface area contributed by atoms with Gasteiger partial charge < -0.3 is 14.2 Å². The van der Waals surface area contributed by atoms with Gasteiger partial charge in [-0.25, -0.2) is 9.59 Å². The van der Waals surface area contributed by atoms with Crippen molar-refractivity contribution in [2.24, 2.45) is 0 Å². The van der Waals surface area contributed by atoms with Gasteiger partial charge in [-0.3, -0.25) is 4.90 Å². The second-order valence-electron chi connectivity index (χ2n) is 2.60. The van der Waals surface area contributed by atoms with Crippen LogP contribution in [0.3, 0.4) is 0 Å². The van der Waals surface area contributed by atoms with E-state index < -0.39 is 18.5 Å². The molecule has 0 aromatic rings. The standard InChI is InChI=1S/C7H7NO5/c1-4-5(13-7(10)12-4)8-2-3-11-6(8)9/h5H,1-3H2. The number of rotatable bonds is 1. The number of hydrogen-bond acceptors (Lipinski definition) is 5. The van der Waals surface area contributed by atoms with Gasteiger partial charge in [-0.15, -0.1) is 0 Å². The summed E-state index contributed by atoms with van der Waals surface area (Å²) < 4.78 is 13.9. The van der Waals surface area contributed by atoms with Crippen LogP contribution in [-0.2, 0) is 14.2 Å². The van der Waals surface area contributed by atoms with E-state index in [2.05, 4.69) is 16.1 Å². The highest BCUT2D eigenvalue weighted by Crippen LogP contribution is 2.23. The number of ether oxygens (including phenoxy) is 3. The molecule has 0 spiro atoms. The van der Waals surface area contributed by atoms with Crippen molar-refractivity contribution in [3.05, 3.63) is 12.3 Å². The van der Waals surface area contributed by atoms with Gasteiger partial charge in [0.2, 0.25) is 6.23 Å². The zero-order valence-electron chi connectivity index (χ0n) is 6.69. The molecule has 1 amide bonds. The van der Waals surface area contributed by atoms with Crippen molar-refractivity contribution in [2.45, 2.75) is 6.23 Å². The van der Waals surface area contributed by atoms with E-state index in [-0.39, 0.29) is 5.76 Å². The van der Waals surface area contributed by atoms with Crippen LogP contribution >= 0.6 is 0 Å². The first-order valence-electron chi connectivity index (χ1n) is 3.69. The van der Waals surface area contributed by atoms with Crippen molar-refractivity contribution in [1.82, 2.24) is 4.90 Å². The summed E-state index contributed by atoms with van der Waals surface area (Å²) in [5.74, 6) is 0.115. The summed E-state index contributed by atoms with van der Waals surface area (Å²) in [7, 11) is 0. The molecule has 1 atom stereocenters. The Balaban J connectivity index is 2.12. The lowest BCUT2D eigenvalue weighted by Gasteiger charge is -2.16. The zero-order chi connectivity index (χ0) is 9.42. The van der Waals surface area contributed by atoms with Gasteiger partial charge in [0.15, 0.2) is 5.76 Å². The number of amides is 1. The van der Waals surface area contributed by atoms with Crippen LogP contribution in [0.5, 0.6) is 0 Å². The SMILES string of the molecule is C=C1OC(=O)OC1N1CCOC1=O. The summed E-state index contributed by atoms with van der Waals surface area (Å²) >= 11 is 0. The van der Waals surface area contributed by atoms with E-state index in [4.69, 9.17) is 4.74 Å². The molecule has 0 aromatic heterocycles. The van der Waals surface area contributed by atoms with Gasteiger partial charge in [0.1, 0.15) is 6.61 Å². The van der Waals surface area contributed by atoms with Gasteiger partial charge in [-0.2, -0.15) is 0 Å². The van der Waals surface area contributed by atoms with Crippen LogP contribution in [0.1, 0.15) is 0 Å². The zero-order valence-corrected chi connectivity index (χ0v) is 6.69. The highest BCUT2D eigenvalue weighted by Gasteiger charge is 2.40. The highest BCUT2D eigenvalue weighted by atomic mass is 16.8. The molecular formula is C7H7NO5. The van der Waals surface area contributed by atoms with Crippen LogP contribution in [0.25, 0.3) is 0 Å². The first-order chi connectivity index (χ1) is 6.18. The van der Waals surface area contributed by atoms with Gasteiger partial charge in [0.25, 0.3) is 0 Å². The fourth-order valence-electron chi connectivity index (χ4n) is 1.19. The number of cyclic esters (lactones) is 3. The fourth-order valence-corrected chi connectivity index (χ4v) is 1.19. The molecule has 2 heterocycles. The van der Waals surface area contributed by atoms with Crippen LogP contribution in [-0.4, -0.2) is 36.5 Å². The third-order valence-corrected chi connectivity index (χ3v) is 1.77. The number of nitrogens with zero attached hydrogens (tertiary/aromatic N) is 1. The first-order valence-corrected chi connectivity index (χ1v) is 3.69. The maximum absolute atomic E-state index is 11.0. The molecule has 0 radical (unpaired) electrons. The van der Waals surface area contributed by atoms with Gasteiger partial charge in [-0.05, 0) is 0 Å². The average Bonchev–Trinajstić information content (AvgIpc) is 2.58. The van der Waals surface area contributed by atoms with Crippen molar-refractivity contribution in [2.75, 3.05) is 13.2 Å². The van der Waals surface area contributed by atoms with Crippen molar-refractivity contribution < 1.29 is 23.8 Å². The molecule has 2 fully saturated rings. The monoisotopic (exact) mass is 185 g/mol. The summed E-state index contributed by atoms with van der Waals surface area (Å²) in [5.41, 5.74) is 0. The molecule has 0 aromatic carbocycles. The Morgan fingerprint density at radius 1 is 1.46 bits per heavy atom. The van der Waals surface area contributed by atoms with Crippen molar-refractivity contribution in [3.8, 4) is 0 Å². The molecule has 2 saturated heterocycles. The Kier molecular flexibility index (Phi) is 1.61. The van der Waals surface area contributed by atoms with Crippen LogP contribution in [0.4, 0.5) is 9.59 Å². The Hall–Kier alpha value is -1.72. The summed E-state index contributed by atoms with van der Waals surface area (Å²) in [4.78, 5) is 22.9. The Morgan fingerprint density at radius 3 is 2.69 bits per heavy atom. The molecule has 13 heavy (non-hydrogen) atoms. The average molecular weight is 185 g/mol. The van der Waals surface area contributed by atoms with Crippen LogP contribution < -0.4 is 0 Å². The third-order valence-electron chi connectivity index (χ3n) is 1.77. The van der Waals surface area contributed by atoms with E-state index >= 15 is 0 Å². The molecule has 1 unspecified atom stereocenters. The van der Waals surface area contributed by atoms with Crippen LogP contribution in [0.15, 0.2) is 12.3 Å². The summed E-state index contributed by atoms with van der Waals surface area (Å²) in [6.45, 7) is 4.11. The van der Waals surface area contributed by atoms with Gasteiger partial charge in [0.05, 0.1) is 6.54 Å². The minimum absolute atomic E-state index is 0.115. The number of carbonyl (C=O) groups is 2. The Labute approximate surface area is 73.7 Å². The van der Waals surface area contributed by atoms with Crippen molar-refractivity contribution >= 4 is 12.2 Å². The maximum atomic E-state index is 11.0. The smallest absolute Gasteiger partial charge is 0.447 e. The molecule has 2 aliphatic heterocycles. The second-order valence-corrected chi connectivity index (χ2v) is 2.60. The lowest BCUT2D eigenvalue weighted by Crippen LogP contribution is -2.36. The van der Waals surface area contributed by atoms with E-state index in [1.807, 2.05) is 0 Å². The van der Waals surface area contributed by atoms with E-state index in [1.54, 1.807) is 0 Å². The van der Waals surface area contributed by atoms with Crippen molar-refractivity contribution in [1.29, 1.82) is 0 Å². The quantitative estimate of drug-likeness (QED) is 0.555. The fraction of sp³-hybridized carbons (Fsp3) is 0.429. The summed E-state index contributed by atoms with van der Waals surface area (Å²) in [6, 6.07) is 0. The molecule has 0 N–H and O–H groups in total. The van der Waals surface area contributed by atoms with E-state index in [1.165, 1.54) is 4.90 Å². The number of carbonyl (C=O) groups excluding carboxylic acids is 2. The van der Waals surface area contributed by atoms with E-state index in [0.29, 0.717) is 13.2 Å². The Morgan fingerprint density at radius 2 is 2.23 bits per heavy atom. The molecule has 2 aliphatic rings. The largest absolute Gasteiger partial charge is 0.516 e. The summed E-state index contributed by atoms with van der Waals surface area (Å²) in [6.07, 6.45) is -2.19. The minimum Gasteiger partial charge on any atom is -0.447 e. The van der Waals surface area contributed by atoms with Gasteiger partial charge in [0, 0.05) is 0 Å². The normalized spacial score (nSPS) is 27.2. The molecule has 0 aliphatic carbocycles. The molecule has 2 rings (SSSR count). The molecule has 70 valence electrons. The molecule has 0 saturated carbocycles. The lowest BCUT2D eigenvalue weighted by molar-refractivity contribution is 0.0583. The molecule has 6 heteroatoms. The predicted molar refractivity (Wildman–Crippen MR) is 38.5 cm³/mol. The minimum atomic E-state index is -0.838. The number of hydrogen-bond donors (Lipinski definition) is 0.